The van der Waals surface area contributed by atoms with Crippen LogP contribution in [0.3, 0.4) is 0 Å². The van der Waals surface area contributed by atoms with Crippen LogP contribution >= 0.6 is 50.8 Å². The fraction of sp³-hybridized carbons (Fsp3) is 0.267. The second-order valence-electron chi connectivity index (χ2n) is 5.17. The fourth-order valence-corrected chi connectivity index (χ4v) is 5.09. The molecule has 1 aromatic heterocycles. The topological polar surface area (TPSA) is 41.1 Å². The second-order valence-corrected chi connectivity index (χ2v) is 8.93. The number of hydrogen-bond donors (Lipinski definition) is 2. The van der Waals surface area contributed by atoms with E-state index in [0.29, 0.717) is 11.4 Å². The van der Waals surface area contributed by atoms with Gasteiger partial charge in [0.1, 0.15) is 5.82 Å². The van der Waals surface area contributed by atoms with E-state index < -0.39 is 5.82 Å². The third-order valence-corrected chi connectivity index (χ3v) is 6.57. The van der Waals surface area contributed by atoms with Gasteiger partial charge < -0.3 is 5.32 Å². The molecule has 8 heteroatoms. The molecule has 2 aromatic rings. The number of carbonyl (C=O) groups excluding carboxylic acids is 1. The summed E-state index contributed by atoms with van der Waals surface area (Å²) in [6, 6.07) is 8.42. The summed E-state index contributed by atoms with van der Waals surface area (Å²) < 4.78 is 17.6. The first-order valence-corrected chi connectivity index (χ1v) is 9.88. The van der Waals surface area contributed by atoms with Crippen molar-refractivity contribution in [2.45, 2.75) is 12.5 Å². The number of hydrogen-bond acceptors (Lipinski definition) is 4. The summed E-state index contributed by atoms with van der Waals surface area (Å²) in [5.41, 5.74) is 0.514. The molecule has 122 valence electrons. The van der Waals surface area contributed by atoms with Crippen LogP contribution in [0.15, 0.2) is 34.1 Å². The maximum Gasteiger partial charge on any atom is 0.228 e. The lowest BCUT2D eigenvalue weighted by Gasteiger charge is -2.28. The number of anilines is 1. The van der Waals surface area contributed by atoms with Crippen LogP contribution in [0, 0.1) is 11.7 Å². The van der Waals surface area contributed by atoms with Crippen molar-refractivity contribution in [3.63, 3.8) is 0 Å². The van der Waals surface area contributed by atoms with Crippen molar-refractivity contribution in [3.8, 4) is 0 Å². The van der Waals surface area contributed by atoms with Gasteiger partial charge in [-0.3, -0.25) is 9.52 Å². The number of benzene rings is 1. The lowest BCUT2D eigenvalue weighted by atomic mass is 9.99. The molecule has 1 aliphatic heterocycles. The lowest BCUT2D eigenvalue weighted by Crippen LogP contribution is -2.33. The molecule has 2 unspecified atom stereocenters. The van der Waals surface area contributed by atoms with Crippen LogP contribution in [-0.2, 0) is 4.79 Å². The highest BCUT2D eigenvalue weighted by Gasteiger charge is 2.29. The zero-order valence-electron chi connectivity index (χ0n) is 11.8. The highest BCUT2D eigenvalue weighted by atomic mass is 79.9. The Hall–Kier alpha value is -0.600. The monoisotopic (exact) mass is 434 g/mol. The first kappa shape index (κ1) is 17.2. The highest BCUT2D eigenvalue weighted by Crippen LogP contribution is 2.36. The van der Waals surface area contributed by atoms with Crippen LogP contribution in [0.2, 0.25) is 5.02 Å². The van der Waals surface area contributed by atoms with E-state index in [9.17, 15) is 9.18 Å². The van der Waals surface area contributed by atoms with Crippen molar-refractivity contribution in [2.75, 3.05) is 11.1 Å². The maximum absolute atomic E-state index is 13.2. The molecule has 0 aliphatic carbocycles. The Bertz CT molecular complexity index is 727. The smallest absolute Gasteiger partial charge is 0.228 e. The predicted octanol–water partition coefficient (Wildman–Crippen LogP) is 5.24. The van der Waals surface area contributed by atoms with E-state index in [-0.39, 0.29) is 22.9 Å². The summed E-state index contributed by atoms with van der Waals surface area (Å²) in [5, 5.41) is 2.82. The lowest BCUT2D eigenvalue weighted by molar-refractivity contribution is -0.119. The van der Waals surface area contributed by atoms with Crippen molar-refractivity contribution in [3.05, 3.63) is 49.8 Å². The summed E-state index contributed by atoms with van der Waals surface area (Å²) in [7, 11) is 0. The molecule has 2 atom stereocenters. The second kappa shape index (κ2) is 7.53. The van der Waals surface area contributed by atoms with E-state index in [1.807, 2.05) is 6.07 Å². The van der Waals surface area contributed by atoms with Gasteiger partial charge in [0.05, 0.1) is 20.8 Å². The van der Waals surface area contributed by atoms with Crippen LogP contribution < -0.4 is 10.0 Å². The minimum absolute atomic E-state index is 0.00352. The average molecular weight is 436 g/mol. The van der Waals surface area contributed by atoms with Crippen molar-refractivity contribution in [2.24, 2.45) is 5.92 Å². The molecule has 1 saturated heterocycles. The van der Waals surface area contributed by atoms with Gasteiger partial charge in [-0.2, -0.15) is 0 Å². The van der Waals surface area contributed by atoms with Gasteiger partial charge >= 0.3 is 0 Å². The highest BCUT2D eigenvalue weighted by molar-refractivity contribution is 9.11. The van der Waals surface area contributed by atoms with Crippen LogP contribution in [0.5, 0.6) is 0 Å². The van der Waals surface area contributed by atoms with Gasteiger partial charge in [0.2, 0.25) is 5.91 Å². The molecule has 3 nitrogen and oxygen atoms in total. The Labute approximate surface area is 155 Å². The van der Waals surface area contributed by atoms with Gasteiger partial charge in [0.15, 0.2) is 0 Å². The summed E-state index contributed by atoms with van der Waals surface area (Å²) >= 11 is 12.4. The van der Waals surface area contributed by atoms with Crippen molar-refractivity contribution >= 4 is 62.4 Å². The average Bonchev–Trinajstić information content (AvgIpc) is 2.98. The molecule has 1 fully saturated rings. The molecule has 1 aromatic carbocycles. The fourth-order valence-electron chi connectivity index (χ4n) is 2.34. The van der Waals surface area contributed by atoms with E-state index in [0.717, 1.165) is 10.2 Å². The Balaban J connectivity index is 1.65. The summed E-state index contributed by atoms with van der Waals surface area (Å²) in [5.74, 6) is 0.0211. The van der Waals surface area contributed by atoms with E-state index in [1.165, 1.54) is 23.1 Å². The molecular weight excluding hydrogens is 423 g/mol. The number of amides is 1. The molecule has 23 heavy (non-hydrogen) atoms. The molecule has 0 spiro atoms. The van der Waals surface area contributed by atoms with Crippen LogP contribution in [0.4, 0.5) is 10.1 Å². The van der Waals surface area contributed by atoms with Crippen molar-refractivity contribution in [1.29, 1.82) is 0 Å². The van der Waals surface area contributed by atoms with Crippen LogP contribution in [0.25, 0.3) is 0 Å². The normalized spacial score (nSPS) is 21.2. The van der Waals surface area contributed by atoms with E-state index >= 15 is 0 Å². The van der Waals surface area contributed by atoms with E-state index in [2.05, 4.69) is 32.0 Å². The van der Waals surface area contributed by atoms with Gasteiger partial charge in [0, 0.05) is 16.3 Å². The van der Waals surface area contributed by atoms with Crippen molar-refractivity contribution in [1.82, 2.24) is 4.72 Å². The zero-order valence-corrected chi connectivity index (χ0v) is 15.8. The molecule has 2 heterocycles. The number of carbonyl (C=O) groups is 1. The predicted molar refractivity (Wildman–Crippen MR) is 98.5 cm³/mol. The van der Waals surface area contributed by atoms with Gasteiger partial charge in [-0.15, -0.1) is 11.3 Å². The van der Waals surface area contributed by atoms with Crippen LogP contribution in [0.1, 0.15) is 17.3 Å². The molecule has 0 bridgehead atoms. The third kappa shape index (κ3) is 4.28. The van der Waals surface area contributed by atoms with E-state index in [1.54, 1.807) is 23.3 Å². The first-order chi connectivity index (χ1) is 11.0. The Kier molecular flexibility index (Phi) is 5.64. The number of nitrogens with one attached hydrogen (secondary N) is 2. The van der Waals surface area contributed by atoms with Gasteiger partial charge in [0.25, 0.3) is 0 Å². The number of thiophene rings is 1. The summed E-state index contributed by atoms with van der Waals surface area (Å²) in [4.78, 5) is 13.7. The maximum atomic E-state index is 13.2. The zero-order chi connectivity index (χ0) is 16.4. The Morgan fingerprint density at radius 3 is 2.91 bits per heavy atom. The first-order valence-electron chi connectivity index (χ1n) is 6.91. The minimum atomic E-state index is -0.495. The van der Waals surface area contributed by atoms with E-state index in [4.69, 9.17) is 11.6 Å². The molecule has 0 saturated carbocycles. The molecule has 1 aliphatic rings. The van der Waals surface area contributed by atoms with Gasteiger partial charge in [-0.25, -0.2) is 4.39 Å². The van der Waals surface area contributed by atoms with Crippen LogP contribution in [-0.4, -0.2) is 11.7 Å². The standard InChI is InChI=1S/C15H13BrClFN2OS2/c16-14-4-3-13(23-14)12-5-8(7-22-20-12)15(21)19-9-1-2-11(18)10(17)6-9/h1-4,6,8,12,20H,5,7H2,(H,19,21). The molecular formula is C15H13BrClFN2OS2. The summed E-state index contributed by atoms with van der Waals surface area (Å²) in [6.45, 7) is 0. The molecule has 3 rings (SSSR count). The molecule has 2 N–H and O–H groups in total. The Morgan fingerprint density at radius 2 is 2.22 bits per heavy atom. The summed E-state index contributed by atoms with van der Waals surface area (Å²) in [6.07, 6.45) is 0.723. The SMILES string of the molecule is O=C(Nc1ccc(F)c(Cl)c1)C1CSNC(c2ccc(Br)s2)C1. The molecule has 0 radical (unpaired) electrons. The van der Waals surface area contributed by atoms with Crippen molar-refractivity contribution < 1.29 is 9.18 Å². The van der Waals surface area contributed by atoms with Gasteiger partial charge in [-0.05, 0) is 52.7 Å². The number of rotatable bonds is 3. The molecule has 1 amide bonds. The Morgan fingerprint density at radius 1 is 1.39 bits per heavy atom. The quantitative estimate of drug-likeness (QED) is 0.648. The third-order valence-electron chi connectivity index (χ3n) is 3.53. The largest absolute Gasteiger partial charge is 0.326 e. The minimum Gasteiger partial charge on any atom is -0.326 e. The number of halogens is 3. The van der Waals surface area contributed by atoms with Gasteiger partial charge in [-0.1, -0.05) is 23.5 Å².